The number of esters is 1. The Kier molecular flexibility index (Phi) is 3.75. The van der Waals surface area contributed by atoms with Gasteiger partial charge in [0.2, 0.25) is 0 Å². The van der Waals surface area contributed by atoms with E-state index in [9.17, 15) is 4.79 Å². The van der Waals surface area contributed by atoms with Gasteiger partial charge in [-0.05, 0) is 45.9 Å². The van der Waals surface area contributed by atoms with Crippen LogP contribution in [0.2, 0.25) is 0 Å². The molecule has 0 saturated heterocycles. The average molecular weight is 274 g/mol. The summed E-state index contributed by atoms with van der Waals surface area (Å²) in [6, 6.07) is 8.96. The maximum Gasteiger partial charge on any atom is 0.326 e. The number of benzene rings is 1. The molecule has 4 nitrogen and oxygen atoms in total. The normalized spacial score (nSPS) is 11.7. The highest BCUT2D eigenvalue weighted by molar-refractivity contribution is 5.84. The lowest BCUT2D eigenvalue weighted by Crippen LogP contribution is -2.26. The van der Waals surface area contributed by atoms with Crippen molar-refractivity contribution in [2.45, 2.75) is 39.8 Å². The fourth-order valence-corrected chi connectivity index (χ4v) is 2.13. The molecule has 4 heteroatoms. The number of ether oxygens (including phenoxy) is 2. The Balaban J connectivity index is 2.30. The average Bonchev–Trinajstić information content (AvgIpc) is 2.62. The first kappa shape index (κ1) is 14.4. The first-order valence-corrected chi connectivity index (χ1v) is 6.58. The van der Waals surface area contributed by atoms with Gasteiger partial charge in [0.15, 0.2) is 0 Å². The molecule has 1 aromatic carbocycles. The predicted octanol–water partition coefficient (Wildman–Crippen LogP) is 3.10. The van der Waals surface area contributed by atoms with Gasteiger partial charge in [0.05, 0.1) is 7.11 Å². The number of carbonyl (C=O) groups excluding carboxylic acids is 1. The SMILES string of the molecule is COc1ccc2c([c]c(C)n2CC(=O)OC(C)(C)C)c1. The van der Waals surface area contributed by atoms with Crippen LogP contribution >= 0.6 is 0 Å². The van der Waals surface area contributed by atoms with Gasteiger partial charge in [0, 0.05) is 22.7 Å². The van der Waals surface area contributed by atoms with Gasteiger partial charge in [-0.2, -0.15) is 0 Å². The van der Waals surface area contributed by atoms with E-state index in [1.807, 2.05) is 50.5 Å². The van der Waals surface area contributed by atoms with Crippen LogP contribution in [0.3, 0.4) is 0 Å². The lowest BCUT2D eigenvalue weighted by atomic mass is 10.2. The first-order valence-electron chi connectivity index (χ1n) is 6.58. The second-order valence-electron chi connectivity index (χ2n) is 5.77. The molecule has 1 radical (unpaired) electrons. The van der Waals surface area contributed by atoms with Crippen LogP contribution in [0.1, 0.15) is 26.5 Å². The zero-order valence-electron chi connectivity index (χ0n) is 12.6. The van der Waals surface area contributed by atoms with Crippen molar-refractivity contribution < 1.29 is 14.3 Å². The van der Waals surface area contributed by atoms with Crippen molar-refractivity contribution in [1.29, 1.82) is 0 Å². The summed E-state index contributed by atoms with van der Waals surface area (Å²) in [5, 5.41) is 0.936. The third kappa shape index (κ3) is 3.13. The van der Waals surface area contributed by atoms with Gasteiger partial charge in [0.25, 0.3) is 0 Å². The van der Waals surface area contributed by atoms with Gasteiger partial charge in [-0.3, -0.25) is 4.79 Å². The highest BCUT2D eigenvalue weighted by Gasteiger charge is 2.18. The highest BCUT2D eigenvalue weighted by Crippen LogP contribution is 2.24. The Morgan fingerprint density at radius 1 is 1.35 bits per heavy atom. The maximum atomic E-state index is 12.0. The van der Waals surface area contributed by atoms with E-state index in [2.05, 4.69) is 6.07 Å². The van der Waals surface area contributed by atoms with Crippen LogP contribution < -0.4 is 4.74 Å². The van der Waals surface area contributed by atoms with E-state index in [-0.39, 0.29) is 12.5 Å². The van der Waals surface area contributed by atoms with E-state index in [1.54, 1.807) is 7.11 Å². The number of aryl methyl sites for hydroxylation is 1. The van der Waals surface area contributed by atoms with Crippen LogP contribution in [0.4, 0.5) is 0 Å². The minimum absolute atomic E-state index is 0.190. The molecule has 0 unspecified atom stereocenters. The number of methoxy groups -OCH3 is 1. The second kappa shape index (κ2) is 5.19. The molecule has 20 heavy (non-hydrogen) atoms. The summed E-state index contributed by atoms with van der Waals surface area (Å²) in [7, 11) is 1.63. The van der Waals surface area contributed by atoms with Crippen molar-refractivity contribution in [1.82, 2.24) is 4.57 Å². The molecule has 1 aromatic heterocycles. The van der Waals surface area contributed by atoms with Crippen molar-refractivity contribution >= 4 is 16.9 Å². The Morgan fingerprint density at radius 2 is 2.05 bits per heavy atom. The molecule has 0 spiro atoms. The summed E-state index contributed by atoms with van der Waals surface area (Å²) >= 11 is 0. The predicted molar refractivity (Wildman–Crippen MR) is 77.9 cm³/mol. The molecule has 2 rings (SSSR count). The van der Waals surface area contributed by atoms with Gasteiger partial charge in [-0.1, -0.05) is 0 Å². The minimum Gasteiger partial charge on any atom is -0.497 e. The number of hydrogen-bond acceptors (Lipinski definition) is 3. The Hall–Kier alpha value is -1.97. The van der Waals surface area contributed by atoms with Gasteiger partial charge in [-0.15, -0.1) is 0 Å². The molecule has 0 saturated carbocycles. The van der Waals surface area contributed by atoms with E-state index in [1.165, 1.54) is 0 Å². The molecule has 0 N–H and O–H groups in total. The molecular weight excluding hydrogens is 254 g/mol. The van der Waals surface area contributed by atoms with Gasteiger partial charge in [-0.25, -0.2) is 0 Å². The zero-order valence-corrected chi connectivity index (χ0v) is 12.6. The van der Waals surface area contributed by atoms with E-state index in [0.717, 1.165) is 22.3 Å². The standard InChI is InChI=1S/C16H20NO3/c1-11-8-12-9-13(19-5)6-7-14(12)17(11)10-15(18)20-16(2,3)4/h6-7,9H,10H2,1-5H3. The molecule has 0 fully saturated rings. The summed E-state index contributed by atoms with van der Waals surface area (Å²) in [6.07, 6.45) is 0. The smallest absolute Gasteiger partial charge is 0.326 e. The van der Waals surface area contributed by atoms with Gasteiger partial charge >= 0.3 is 5.97 Å². The van der Waals surface area contributed by atoms with Crippen LogP contribution in [-0.2, 0) is 16.1 Å². The van der Waals surface area contributed by atoms with Crippen LogP contribution in [-0.4, -0.2) is 23.2 Å². The van der Waals surface area contributed by atoms with Gasteiger partial charge in [0.1, 0.15) is 17.9 Å². The summed E-state index contributed by atoms with van der Waals surface area (Å²) in [4.78, 5) is 12.0. The fourth-order valence-electron chi connectivity index (χ4n) is 2.13. The van der Waals surface area contributed by atoms with Crippen molar-refractivity contribution in [2.24, 2.45) is 0 Å². The molecular formula is C16H20NO3. The highest BCUT2D eigenvalue weighted by atomic mass is 16.6. The second-order valence-corrected chi connectivity index (χ2v) is 5.77. The number of hydrogen-bond donors (Lipinski definition) is 0. The molecule has 107 valence electrons. The quantitative estimate of drug-likeness (QED) is 0.807. The largest absolute Gasteiger partial charge is 0.497 e. The number of carbonyl (C=O) groups is 1. The van der Waals surface area contributed by atoms with Crippen molar-refractivity contribution in [3.05, 3.63) is 30.0 Å². The summed E-state index contributed by atoms with van der Waals surface area (Å²) in [5.41, 5.74) is 1.38. The molecule has 0 amide bonds. The third-order valence-electron chi connectivity index (χ3n) is 2.92. The molecule has 0 bridgehead atoms. The lowest BCUT2D eigenvalue weighted by Gasteiger charge is -2.20. The molecule has 1 heterocycles. The number of fused-ring (bicyclic) bond motifs is 1. The van der Waals surface area contributed by atoms with Crippen LogP contribution in [0.5, 0.6) is 5.75 Å². The number of aromatic nitrogens is 1. The first-order chi connectivity index (χ1) is 9.30. The van der Waals surface area contributed by atoms with E-state index < -0.39 is 5.60 Å². The van der Waals surface area contributed by atoms with E-state index >= 15 is 0 Å². The van der Waals surface area contributed by atoms with Gasteiger partial charge < -0.3 is 14.0 Å². The van der Waals surface area contributed by atoms with Crippen molar-refractivity contribution in [2.75, 3.05) is 7.11 Å². The maximum absolute atomic E-state index is 12.0. The van der Waals surface area contributed by atoms with Crippen LogP contribution in [0.15, 0.2) is 18.2 Å². The van der Waals surface area contributed by atoms with Crippen molar-refractivity contribution in [3.8, 4) is 5.75 Å². The zero-order chi connectivity index (χ0) is 14.9. The van der Waals surface area contributed by atoms with Crippen LogP contribution in [0.25, 0.3) is 10.9 Å². The summed E-state index contributed by atoms with van der Waals surface area (Å²) in [5.74, 6) is 0.533. The van der Waals surface area contributed by atoms with Crippen molar-refractivity contribution in [3.63, 3.8) is 0 Å². The monoisotopic (exact) mass is 274 g/mol. The molecule has 0 aliphatic carbocycles. The molecule has 0 aliphatic rings. The summed E-state index contributed by atoms with van der Waals surface area (Å²) in [6.45, 7) is 7.71. The third-order valence-corrected chi connectivity index (χ3v) is 2.92. The van der Waals surface area contributed by atoms with Crippen LogP contribution in [0, 0.1) is 13.0 Å². The Bertz CT molecular complexity index is 635. The Labute approximate surface area is 119 Å². The number of nitrogens with zero attached hydrogens (tertiary/aromatic N) is 1. The lowest BCUT2D eigenvalue weighted by molar-refractivity contribution is -0.155. The topological polar surface area (TPSA) is 40.5 Å². The fraction of sp³-hybridized carbons (Fsp3) is 0.438. The Morgan fingerprint density at radius 3 is 2.65 bits per heavy atom. The molecule has 0 aliphatic heterocycles. The van der Waals surface area contributed by atoms with E-state index in [0.29, 0.717) is 0 Å². The van der Waals surface area contributed by atoms with E-state index in [4.69, 9.17) is 9.47 Å². The molecule has 0 atom stereocenters. The molecule has 2 aromatic rings. The summed E-state index contributed by atoms with van der Waals surface area (Å²) < 4.78 is 12.5. The number of rotatable bonds is 3. The minimum atomic E-state index is -0.471.